The second-order valence-corrected chi connectivity index (χ2v) is 5.07. The minimum absolute atomic E-state index is 0. The molecule has 0 aliphatic carbocycles. The van der Waals surface area contributed by atoms with Crippen LogP contribution >= 0.6 is 24.0 Å². The fraction of sp³-hybridized carbons (Fsp3) is 0.562. The average molecular weight is 449 g/mol. The number of rotatable bonds is 10. The number of aromatic nitrogens is 1. The number of pyridine rings is 1. The number of amides is 1. The van der Waals surface area contributed by atoms with Crippen LogP contribution in [-0.4, -0.2) is 61.6 Å². The number of hydrogen-bond donors (Lipinski definition) is 2. The number of nitrogens with zero attached hydrogens (tertiary/aromatic N) is 3. The second-order valence-electron chi connectivity index (χ2n) is 5.07. The molecule has 0 unspecified atom stereocenters. The molecule has 8 heteroatoms. The van der Waals surface area contributed by atoms with Gasteiger partial charge >= 0.3 is 0 Å². The Labute approximate surface area is 161 Å². The van der Waals surface area contributed by atoms with Crippen LogP contribution in [0.5, 0.6) is 0 Å². The summed E-state index contributed by atoms with van der Waals surface area (Å²) in [6, 6.07) is 5.75. The minimum atomic E-state index is -0.0694. The highest BCUT2D eigenvalue weighted by Gasteiger charge is 2.08. The van der Waals surface area contributed by atoms with Crippen molar-refractivity contribution in [1.82, 2.24) is 15.2 Å². The number of aliphatic imine (C=N–C) groups is 1. The fourth-order valence-electron chi connectivity index (χ4n) is 1.82. The first kappa shape index (κ1) is 22.6. The summed E-state index contributed by atoms with van der Waals surface area (Å²) < 4.78 is 5.22. The molecule has 1 amide bonds. The summed E-state index contributed by atoms with van der Waals surface area (Å²) in [7, 11) is 1.76. The van der Waals surface area contributed by atoms with Gasteiger partial charge in [0.1, 0.15) is 6.54 Å². The van der Waals surface area contributed by atoms with Crippen molar-refractivity contribution < 1.29 is 9.53 Å². The van der Waals surface area contributed by atoms with E-state index >= 15 is 0 Å². The van der Waals surface area contributed by atoms with E-state index in [-0.39, 0.29) is 42.4 Å². The molecule has 3 N–H and O–H groups in total. The zero-order valence-electron chi connectivity index (χ0n) is 14.4. The Balaban J connectivity index is 0.00000529. The fourth-order valence-corrected chi connectivity index (χ4v) is 1.82. The van der Waals surface area contributed by atoms with Gasteiger partial charge in [0.2, 0.25) is 5.91 Å². The zero-order valence-corrected chi connectivity index (χ0v) is 16.7. The van der Waals surface area contributed by atoms with E-state index < -0.39 is 0 Å². The summed E-state index contributed by atoms with van der Waals surface area (Å²) >= 11 is 0. The second kappa shape index (κ2) is 14.0. The molecule has 1 aromatic heterocycles. The molecule has 1 aromatic rings. The topological polar surface area (TPSA) is 92.8 Å². The maximum absolute atomic E-state index is 12.0. The van der Waals surface area contributed by atoms with Crippen LogP contribution in [0.2, 0.25) is 0 Å². The molecule has 0 bridgehead atoms. The van der Waals surface area contributed by atoms with E-state index in [1.165, 1.54) is 0 Å². The lowest BCUT2D eigenvalue weighted by molar-refractivity contribution is -0.128. The molecule has 136 valence electrons. The Bertz CT molecular complexity index is 485. The van der Waals surface area contributed by atoms with Gasteiger partial charge in [0.15, 0.2) is 5.96 Å². The van der Waals surface area contributed by atoms with Gasteiger partial charge in [0.25, 0.3) is 0 Å². The lowest BCUT2D eigenvalue weighted by Crippen LogP contribution is -2.35. The van der Waals surface area contributed by atoms with E-state index in [0.717, 1.165) is 18.5 Å². The molecule has 1 heterocycles. The number of ether oxygens (including phenoxy) is 1. The highest BCUT2D eigenvalue weighted by Crippen LogP contribution is 1.97. The van der Waals surface area contributed by atoms with Crippen molar-refractivity contribution in [3.8, 4) is 0 Å². The van der Waals surface area contributed by atoms with Crippen molar-refractivity contribution in [2.24, 2.45) is 10.7 Å². The molecule has 0 fully saturated rings. The van der Waals surface area contributed by atoms with Gasteiger partial charge < -0.3 is 20.7 Å². The highest BCUT2D eigenvalue weighted by atomic mass is 127. The van der Waals surface area contributed by atoms with Crippen molar-refractivity contribution in [2.45, 2.75) is 19.8 Å². The van der Waals surface area contributed by atoms with Crippen molar-refractivity contribution in [3.05, 3.63) is 30.1 Å². The summed E-state index contributed by atoms with van der Waals surface area (Å²) in [5.41, 5.74) is 6.68. The van der Waals surface area contributed by atoms with E-state index in [4.69, 9.17) is 10.5 Å². The van der Waals surface area contributed by atoms with Gasteiger partial charge in [0, 0.05) is 51.7 Å². The van der Waals surface area contributed by atoms with Gasteiger partial charge in [-0.3, -0.25) is 9.78 Å². The van der Waals surface area contributed by atoms with Crippen LogP contribution in [0.25, 0.3) is 0 Å². The van der Waals surface area contributed by atoms with Crippen LogP contribution < -0.4 is 11.1 Å². The zero-order chi connectivity index (χ0) is 16.9. The van der Waals surface area contributed by atoms with E-state index in [2.05, 4.69) is 15.3 Å². The molecule has 0 radical (unpaired) electrons. The molecule has 24 heavy (non-hydrogen) atoms. The van der Waals surface area contributed by atoms with E-state index in [1.807, 2.05) is 25.1 Å². The van der Waals surface area contributed by atoms with Gasteiger partial charge in [-0.15, -0.1) is 24.0 Å². The Morgan fingerprint density at radius 3 is 2.92 bits per heavy atom. The van der Waals surface area contributed by atoms with E-state index in [9.17, 15) is 4.79 Å². The largest absolute Gasteiger partial charge is 0.382 e. The Kier molecular flexibility index (Phi) is 13.1. The molecule has 0 spiro atoms. The first-order valence-corrected chi connectivity index (χ1v) is 7.89. The normalized spacial score (nSPS) is 10.8. The average Bonchev–Trinajstić information content (AvgIpc) is 2.58. The quantitative estimate of drug-likeness (QED) is 0.241. The predicted molar refractivity (Wildman–Crippen MR) is 107 cm³/mol. The Hall–Kier alpha value is -1.42. The number of carbonyl (C=O) groups is 1. The first-order chi connectivity index (χ1) is 11.1. The first-order valence-electron chi connectivity index (χ1n) is 7.89. The summed E-state index contributed by atoms with van der Waals surface area (Å²) in [6.45, 7) is 4.68. The summed E-state index contributed by atoms with van der Waals surface area (Å²) in [5.74, 6) is 0.216. The third-order valence-corrected chi connectivity index (χ3v) is 3.22. The molecule has 0 atom stereocenters. The van der Waals surface area contributed by atoms with Crippen molar-refractivity contribution in [2.75, 3.05) is 39.9 Å². The smallest absolute Gasteiger partial charge is 0.244 e. The maximum Gasteiger partial charge on any atom is 0.244 e. The summed E-state index contributed by atoms with van der Waals surface area (Å²) in [6.07, 6.45) is 3.32. The lowest BCUT2D eigenvalue weighted by atomic mass is 10.2. The van der Waals surface area contributed by atoms with Crippen molar-refractivity contribution in [3.63, 3.8) is 0 Å². The molecule has 1 rings (SSSR count). The van der Waals surface area contributed by atoms with Gasteiger partial charge in [-0.25, -0.2) is 4.99 Å². The Morgan fingerprint density at radius 1 is 1.46 bits per heavy atom. The number of nitrogens with two attached hydrogens (primary N) is 1. The van der Waals surface area contributed by atoms with Crippen LogP contribution in [0, 0.1) is 0 Å². The van der Waals surface area contributed by atoms with Crippen LogP contribution in [-0.2, 0) is 16.0 Å². The Morgan fingerprint density at radius 2 is 2.25 bits per heavy atom. The highest BCUT2D eigenvalue weighted by molar-refractivity contribution is 14.0. The van der Waals surface area contributed by atoms with E-state index in [1.54, 1.807) is 18.1 Å². The number of hydrogen-bond acceptors (Lipinski definition) is 4. The molecule has 0 aliphatic rings. The van der Waals surface area contributed by atoms with Gasteiger partial charge in [0.05, 0.1) is 0 Å². The minimum Gasteiger partial charge on any atom is -0.382 e. The van der Waals surface area contributed by atoms with Gasteiger partial charge in [-0.05, 0) is 25.5 Å². The van der Waals surface area contributed by atoms with Crippen LogP contribution in [0.3, 0.4) is 0 Å². The van der Waals surface area contributed by atoms with Gasteiger partial charge in [-0.2, -0.15) is 0 Å². The molecule has 7 nitrogen and oxygen atoms in total. The van der Waals surface area contributed by atoms with Crippen molar-refractivity contribution in [1.29, 1.82) is 0 Å². The van der Waals surface area contributed by atoms with Crippen LogP contribution in [0.4, 0.5) is 0 Å². The van der Waals surface area contributed by atoms with Crippen LogP contribution in [0.1, 0.15) is 19.0 Å². The summed E-state index contributed by atoms with van der Waals surface area (Å²) in [5, 5.41) is 2.96. The third-order valence-electron chi connectivity index (χ3n) is 3.22. The predicted octanol–water partition coefficient (Wildman–Crippen LogP) is 1.03. The third kappa shape index (κ3) is 10.4. The number of nitrogens with one attached hydrogen (secondary N) is 1. The van der Waals surface area contributed by atoms with Crippen LogP contribution in [0.15, 0.2) is 29.4 Å². The number of guanidine groups is 1. The van der Waals surface area contributed by atoms with Crippen molar-refractivity contribution >= 4 is 35.8 Å². The molecular weight excluding hydrogens is 421 g/mol. The molecule has 0 saturated heterocycles. The standard InChI is InChI=1S/C16H27N5O2.HI/c1-3-23-12-6-10-19-16(17)20-13-15(22)21(2)11-8-14-7-4-5-9-18-14;/h4-5,7,9H,3,6,8,10-13H2,1-2H3,(H3,17,19,20);1H. The lowest BCUT2D eigenvalue weighted by Gasteiger charge is -2.16. The molecule has 0 aromatic carbocycles. The molecule has 0 aliphatic heterocycles. The maximum atomic E-state index is 12.0. The number of likely N-dealkylation sites (N-methyl/N-ethyl adjacent to an activating group) is 1. The molecule has 0 saturated carbocycles. The molecular formula is C16H28IN5O2. The number of carbonyl (C=O) groups excluding carboxylic acids is 1. The van der Waals surface area contributed by atoms with Gasteiger partial charge in [-0.1, -0.05) is 6.07 Å². The van der Waals surface area contributed by atoms with E-state index in [0.29, 0.717) is 26.3 Å². The SMILES string of the molecule is CCOCCCNC(N)=NCC(=O)N(C)CCc1ccccn1.I. The number of halogens is 1. The summed E-state index contributed by atoms with van der Waals surface area (Å²) in [4.78, 5) is 21.9. The monoisotopic (exact) mass is 449 g/mol.